The van der Waals surface area contributed by atoms with E-state index < -0.39 is 0 Å². The quantitative estimate of drug-likeness (QED) is 0.641. The van der Waals surface area contributed by atoms with Gasteiger partial charge in [0.05, 0.1) is 0 Å². The SMILES string of the molecule is CN(C)c1ccc([C@@H]2[NH2+]C[C@H](CSc3nnc(-c4ccncc4)s3)O2)cc1. The van der Waals surface area contributed by atoms with Gasteiger partial charge < -0.3 is 15.0 Å². The minimum Gasteiger partial charge on any atom is -0.378 e. The van der Waals surface area contributed by atoms with E-state index in [9.17, 15) is 0 Å². The number of anilines is 1. The van der Waals surface area contributed by atoms with Gasteiger partial charge in [-0.1, -0.05) is 23.1 Å². The summed E-state index contributed by atoms with van der Waals surface area (Å²) >= 11 is 3.33. The Labute approximate surface area is 167 Å². The van der Waals surface area contributed by atoms with Crippen LogP contribution in [0.4, 0.5) is 5.69 Å². The number of pyridine rings is 1. The van der Waals surface area contributed by atoms with Crippen molar-refractivity contribution < 1.29 is 10.1 Å². The Morgan fingerprint density at radius 1 is 1.15 bits per heavy atom. The van der Waals surface area contributed by atoms with Gasteiger partial charge >= 0.3 is 0 Å². The molecular weight excluding hydrogens is 378 g/mol. The number of quaternary nitrogens is 1. The Bertz CT molecular complexity index is 869. The molecule has 2 aromatic heterocycles. The van der Waals surface area contributed by atoms with Gasteiger partial charge in [0, 0.05) is 49.1 Å². The van der Waals surface area contributed by atoms with Gasteiger partial charge in [0.15, 0.2) is 4.34 Å². The summed E-state index contributed by atoms with van der Waals surface area (Å²) < 4.78 is 7.20. The fourth-order valence-corrected chi connectivity index (χ4v) is 4.82. The summed E-state index contributed by atoms with van der Waals surface area (Å²) in [6, 6.07) is 12.5. The van der Waals surface area contributed by atoms with Crippen molar-refractivity contribution in [2.24, 2.45) is 0 Å². The lowest BCUT2D eigenvalue weighted by Crippen LogP contribution is -2.82. The van der Waals surface area contributed by atoms with E-state index in [-0.39, 0.29) is 12.3 Å². The lowest BCUT2D eigenvalue weighted by molar-refractivity contribution is -0.697. The van der Waals surface area contributed by atoms with Gasteiger partial charge in [0.1, 0.15) is 17.7 Å². The van der Waals surface area contributed by atoms with E-state index in [0.29, 0.717) is 0 Å². The summed E-state index contributed by atoms with van der Waals surface area (Å²) in [6.45, 7) is 0.961. The molecule has 0 radical (unpaired) electrons. The predicted molar refractivity (Wildman–Crippen MR) is 109 cm³/mol. The van der Waals surface area contributed by atoms with Gasteiger partial charge in [-0.15, -0.1) is 10.2 Å². The van der Waals surface area contributed by atoms with Crippen molar-refractivity contribution in [2.45, 2.75) is 16.7 Å². The third-order valence-corrected chi connectivity index (χ3v) is 6.65. The lowest BCUT2D eigenvalue weighted by atomic mass is 10.2. The molecule has 4 rings (SSSR count). The molecule has 0 saturated carbocycles. The summed E-state index contributed by atoms with van der Waals surface area (Å²) in [4.78, 5) is 6.14. The van der Waals surface area contributed by atoms with Gasteiger partial charge in [0.2, 0.25) is 6.23 Å². The molecule has 1 saturated heterocycles. The van der Waals surface area contributed by atoms with Gasteiger partial charge in [-0.25, -0.2) is 0 Å². The molecule has 27 heavy (non-hydrogen) atoms. The van der Waals surface area contributed by atoms with E-state index in [1.807, 2.05) is 26.2 Å². The van der Waals surface area contributed by atoms with E-state index in [2.05, 4.69) is 49.7 Å². The molecule has 6 nitrogen and oxygen atoms in total. The molecule has 2 N–H and O–H groups in total. The van der Waals surface area contributed by atoms with Crippen molar-refractivity contribution >= 4 is 28.8 Å². The molecule has 1 aliphatic heterocycles. The first-order valence-electron chi connectivity index (χ1n) is 8.82. The first-order chi connectivity index (χ1) is 13.2. The zero-order valence-corrected chi connectivity index (χ0v) is 16.9. The molecule has 1 fully saturated rings. The van der Waals surface area contributed by atoms with E-state index >= 15 is 0 Å². The third kappa shape index (κ3) is 4.47. The molecule has 1 aromatic carbocycles. The maximum atomic E-state index is 6.22. The zero-order valence-electron chi connectivity index (χ0n) is 15.3. The first kappa shape index (κ1) is 18.4. The number of rotatable bonds is 6. The Balaban J connectivity index is 1.31. The van der Waals surface area contributed by atoms with Crippen molar-refractivity contribution in [3.63, 3.8) is 0 Å². The fraction of sp³-hybridized carbons (Fsp3) is 0.316. The minimum absolute atomic E-state index is 0.0774. The Kier molecular flexibility index (Phi) is 5.68. The number of aromatic nitrogens is 3. The second-order valence-electron chi connectivity index (χ2n) is 6.56. The number of nitrogens with zero attached hydrogens (tertiary/aromatic N) is 4. The van der Waals surface area contributed by atoms with Crippen molar-refractivity contribution in [3.8, 4) is 10.6 Å². The van der Waals surface area contributed by atoms with Crippen molar-refractivity contribution in [1.29, 1.82) is 0 Å². The molecule has 0 bridgehead atoms. The van der Waals surface area contributed by atoms with E-state index in [1.54, 1.807) is 35.5 Å². The predicted octanol–water partition coefficient (Wildman–Crippen LogP) is 2.42. The third-order valence-electron chi connectivity index (χ3n) is 4.42. The topological polar surface area (TPSA) is 67.8 Å². The number of benzene rings is 1. The standard InChI is InChI=1S/C19H21N5OS2/c1-24(2)15-5-3-13(4-6-15)17-21-11-16(25-17)12-26-19-23-22-18(27-19)14-7-9-20-10-8-14/h3-10,16-17,21H,11-12H2,1-2H3/p+1/t16-,17-/m1/s1. The summed E-state index contributed by atoms with van der Waals surface area (Å²) in [6.07, 6.45) is 3.84. The van der Waals surface area contributed by atoms with Crippen LogP contribution in [0.15, 0.2) is 53.1 Å². The van der Waals surface area contributed by atoms with Crippen LogP contribution in [0.1, 0.15) is 11.8 Å². The van der Waals surface area contributed by atoms with E-state index in [4.69, 9.17) is 4.74 Å². The lowest BCUT2D eigenvalue weighted by Gasteiger charge is -2.14. The van der Waals surface area contributed by atoms with Crippen LogP contribution in [0, 0.1) is 0 Å². The summed E-state index contributed by atoms with van der Waals surface area (Å²) in [5.41, 5.74) is 3.47. The molecule has 1 aliphatic rings. The normalized spacial score (nSPS) is 19.3. The largest absolute Gasteiger partial charge is 0.378 e. The number of nitrogens with two attached hydrogens (primary N) is 1. The molecule has 8 heteroatoms. The second kappa shape index (κ2) is 8.35. The highest BCUT2D eigenvalue weighted by molar-refractivity contribution is 8.01. The maximum absolute atomic E-state index is 6.22. The van der Waals surface area contributed by atoms with Gasteiger partial charge in [-0.2, -0.15) is 0 Å². The highest BCUT2D eigenvalue weighted by Gasteiger charge is 2.30. The number of thioether (sulfide) groups is 1. The molecule has 0 aliphatic carbocycles. The molecule has 140 valence electrons. The van der Waals surface area contributed by atoms with Crippen molar-refractivity contribution in [2.75, 3.05) is 31.3 Å². The van der Waals surface area contributed by atoms with Crippen LogP contribution in [0.2, 0.25) is 0 Å². The Morgan fingerprint density at radius 3 is 2.67 bits per heavy atom. The highest BCUT2D eigenvalue weighted by atomic mass is 32.2. The molecular formula is C19H22N5OS2+. The number of hydrogen-bond donors (Lipinski definition) is 1. The second-order valence-corrected chi connectivity index (χ2v) is 8.80. The number of ether oxygens (including phenoxy) is 1. The van der Waals surface area contributed by atoms with Crippen LogP contribution in [0.25, 0.3) is 10.6 Å². The number of hydrogen-bond acceptors (Lipinski definition) is 7. The smallest absolute Gasteiger partial charge is 0.217 e. The molecule has 3 aromatic rings. The van der Waals surface area contributed by atoms with Crippen LogP contribution in [0.3, 0.4) is 0 Å². The average Bonchev–Trinajstić information content (AvgIpc) is 3.37. The van der Waals surface area contributed by atoms with E-state index in [1.165, 1.54) is 11.3 Å². The molecule has 3 heterocycles. The highest BCUT2D eigenvalue weighted by Crippen LogP contribution is 2.30. The van der Waals surface area contributed by atoms with Crippen LogP contribution in [0.5, 0.6) is 0 Å². The molecule has 0 amide bonds. The molecule has 2 atom stereocenters. The van der Waals surface area contributed by atoms with E-state index in [0.717, 1.165) is 27.2 Å². The van der Waals surface area contributed by atoms with Crippen LogP contribution >= 0.6 is 23.1 Å². The summed E-state index contributed by atoms with van der Waals surface area (Å²) in [5.74, 6) is 0.883. The zero-order chi connectivity index (χ0) is 18.6. The Morgan fingerprint density at radius 2 is 1.93 bits per heavy atom. The van der Waals surface area contributed by atoms with Gasteiger partial charge in [0.25, 0.3) is 0 Å². The van der Waals surface area contributed by atoms with Crippen LogP contribution in [-0.2, 0) is 4.74 Å². The molecule has 0 spiro atoms. The monoisotopic (exact) mass is 400 g/mol. The van der Waals surface area contributed by atoms with Crippen molar-refractivity contribution in [1.82, 2.24) is 15.2 Å². The van der Waals surface area contributed by atoms with Crippen LogP contribution in [-0.4, -0.2) is 47.7 Å². The first-order valence-corrected chi connectivity index (χ1v) is 10.6. The van der Waals surface area contributed by atoms with Crippen LogP contribution < -0.4 is 10.2 Å². The minimum atomic E-state index is 0.0774. The maximum Gasteiger partial charge on any atom is 0.217 e. The average molecular weight is 401 g/mol. The Hall–Kier alpha value is -2.00. The fourth-order valence-electron chi connectivity index (χ4n) is 2.92. The summed E-state index contributed by atoms with van der Waals surface area (Å²) in [5, 5.41) is 11.8. The van der Waals surface area contributed by atoms with Gasteiger partial charge in [-0.05, 0) is 36.4 Å². The van der Waals surface area contributed by atoms with Crippen molar-refractivity contribution in [3.05, 3.63) is 54.4 Å². The molecule has 0 unspecified atom stereocenters. The summed E-state index contributed by atoms with van der Waals surface area (Å²) in [7, 11) is 4.10. The van der Waals surface area contributed by atoms with Gasteiger partial charge in [-0.3, -0.25) is 4.98 Å².